The molecule has 1 aliphatic heterocycles. The zero-order chi connectivity index (χ0) is 33.6. The lowest BCUT2D eigenvalue weighted by Crippen LogP contribution is -2.47. The number of fused-ring (bicyclic) bond motifs is 1. The molecular formula is C35H43FN10OS. The third-order valence-corrected chi connectivity index (χ3v) is 9.43. The highest BCUT2D eigenvalue weighted by molar-refractivity contribution is 7.92. The monoisotopic (exact) mass is 670 g/mol. The molecule has 3 aromatic heterocycles. The van der Waals surface area contributed by atoms with Gasteiger partial charge in [-0.1, -0.05) is 24.3 Å². The Balaban J connectivity index is 1.04. The summed E-state index contributed by atoms with van der Waals surface area (Å²) < 4.78 is 16.6. The van der Waals surface area contributed by atoms with Crippen LogP contribution in [-0.2, 0) is 17.9 Å². The number of carbonyl (C=O) groups is 1. The molecule has 6 rings (SSSR count). The summed E-state index contributed by atoms with van der Waals surface area (Å²) in [5.41, 5.74) is 11.1. The normalized spacial score (nSPS) is 13.8. The largest absolute Gasteiger partial charge is 0.369 e. The van der Waals surface area contributed by atoms with Gasteiger partial charge < -0.3 is 15.5 Å². The highest BCUT2D eigenvalue weighted by Gasteiger charge is 2.20. The molecule has 48 heavy (non-hydrogen) atoms. The van der Waals surface area contributed by atoms with Gasteiger partial charge in [0, 0.05) is 80.6 Å². The summed E-state index contributed by atoms with van der Waals surface area (Å²) in [5.74, 6) is -0.159. The maximum absolute atomic E-state index is 12.2. The summed E-state index contributed by atoms with van der Waals surface area (Å²) in [6.07, 6.45) is 2.10. The van der Waals surface area contributed by atoms with Gasteiger partial charge in [0.05, 0.1) is 23.6 Å². The van der Waals surface area contributed by atoms with Crippen molar-refractivity contribution in [3.05, 3.63) is 77.2 Å². The summed E-state index contributed by atoms with van der Waals surface area (Å²) in [6, 6.07) is 17.4. The summed E-state index contributed by atoms with van der Waals surface area (Å²) in [6.45, 7) is 12.6. The van der Waals surface area contributed by atoms with Crippen LogP contribution < -0.4 is 20.3 Å². The van der Waals surface area contributed by atoms with Crippen molar-refractivity contribution in [1.29, 1.82) is 0 Å². The Morgan fingerprint density at radius 3 is 2.48 bits per heavy atom. The molecule has 1 fully saturated rings. The first-order valence-electron chi connectivity index (χ1n) is 16.3. The van der Waals surface area contributed by atoms with Crippen LogP contribution in [0.25, 0.3) is 33.4 Å². The number of halogens is 1. The van der Waals surface area contributed by atoms with Crippen molar-refractivity contribution in [2.75, 3.05) is 56.5 Å². The lowest BCUT2D eigenvalue weighted by molar-refractivity contribution is -0.116. The number of amides is 1. The minimum Gasteiger partial charge on any atom is -0.369 e. The van der Waals surface area contributed by atoms with Crippen molar-refractivity contribution in [3.8, 4) is 22.4 Å². The fourth-order valence-electron chi connectivity index (χ4n) is 6.34. The number of hydrogen-bond donors (Lipinski definition) is 4. The number of nitrogens with zero attached hydrogens (tertiary/aromatic N) is 6. The number of nitrogens with one attached hydrogen (secondary N) is 4. The smallest absolute Gasteiger partial charge is 0.225 e. The maximum atomic E-state index is 12.2. The van der Waals surface area contributed by atoms with E-state index in [1.165, 1.54) is 16.8 Å². The summed E-state index contributed by atoms with van der Waals surface area (Å²) in [4.78, 5) is 21.8. The number of hydrogen-bond acceptors (Lipinski definition) is 9. The number of pyridine rings is 1. The Kier molecular flexibility index (Phi) is 10.7. The third kappa shape index (κ3) is 7.54. The molecule has 1 aliphatic rings. The van der Waals surface area contributed by atoms with E-state index in [0.717, 1.165) is 96.3 Å². The molecule has 0 atom stereocenters. The van der Waals surface area contributed by atoms with E-state index in [2.05, 4.69) is 101 Å². The first-order valence-corrected chi connectivity index (χ1v) is 17.1. The van der Waals surface area contributed by atoms with Crippen LogP contribution in [0.5, 0.6) is 0 Å². The predicted octanol–water partition coefficient (Wildman–Crippen LogP) is 5.41. The molecule has 1 saturated heterocycles. The quantitative estimate of drug-likeness (QED) is 0.0964. The van der Waals surface area contributed by atoms with Crippen LogP contribution in [0.4, 0.5) is 15.3 Å². The molecular weight excluding hydrogens is 628 g/mol. The number of anilines is 2. The molecule has 5 aromatic rings. The van der Waals surface area contributed by atoms with Gasteiger partial charge in [0.2, 0.25) is 5.91 Å². The fourth-order valence-corrected chi connectivity index (χ4v) is 6.52. The molecule has 11 nitrogen and oxygen atoms in total. The van der Waals surface area contributed by atoms with Gasteiger partial charge in [0.1, 0.15) is 18.0 Å². The van der Waals surface area contributed by atoms with Crippen molar-refractivity contribution in [3.63, 3.8) is 0 Å². The number of rotatable bonds is 13. The standard InChI is InChI=1S/C35H43FN10OS/c1-23-19-27(5-6-28(23)21-37-4)34-31-20-29(22-38-35(31)42-41-34)26-7-9-30(10-8-26)45-16-13-44(14-17-45)15-18-46-25(3)33(24(2)43-46)40-32(47)11-12-39-48-36/h5-10,19-20,22,37,39H,11-18,21H2,1-4H3,(H,40,47)(H,38,41,42). The summed E-state index contributed by atoms with van der Waals surface area (Å²) in [7, 11) is 1.96. The molecule has 0 bridgehead atoms. The number of piperazine rings is 1. The molecule has 4 N–H and O–H groups in total. The van der Waals surface area contributed by atoms with E-state index in [1.807, 2.05) is 31.8 Å². The van der Waals surface area contributed by atoms with Gasteiger partial charge in [0.25, 0.3) is 0 Å². The molecule has 0 saturated carbocycles. The molecule has 4 heterocycles. The second-order valence-electron chi connectivity index (χ2n) is 12.3. The van der Waals surface area contributed by atoms with Gasteiger partial charge in [-0.15, -0.1) is 3.89 Å². The molecule has 252 valence electrons. The maximum Gasteiger partial charge on any atom is 0.225 e. The average Bonchev–Trinajstić information content (AvgIpc) is 3.64. The Labute approximate surface area is 285 Å². The number of H-pyrrole nitrogens is 1. The van der Waals surface area contributed by atoms with Gasteiger partial charge in [-0.2, -0.15) is 10.2 Å². The SMILES string of the molecule is CNCc1ccc(-c2n[nH]c3ncc(-c4ccc(N5CCN(CCn6nc(C)c(NC(=O)CCNSF)c6C)CC5)cc4)cc23)cc1C. The zero-order valence-corrected chi connectivity index (χ0v) is 28.8. The minimum atomic E-state index is -0.159. The number of aromatic amines is 1. The first-order chi connectivity index (χ1) is 23.3. The van der Waals surface area contributed by atoms with E-state index in [-0.39, 0.29) is 31.2 Å². The first kappa shape index (κ1) is 33.6. The van der Waals surface area contributed by atoms with Crippen LogP contribution in [0.2, 0.25) is 0 Å². The number of carbonyl (C=O) groups excluding carboxylic acids is 1. The Bertz CT molecular complexity index is 1860. The average molecular weight is 671 g/mol. The van der Waals surface area contributed by atoms with E-state index < -0.39 is 0 Å². The van der Waals surface area contributed by atoms with Gasteiger partial charge in [-0.05, 0) is 68.8 Å². The number of benzene rings is 2. The van der Waals surface area contributed by atoms with Crippen molar-refractivity contribution in [2.45, 2.75) is 40.3 Å². The summed E-state index contributed by atoms with van der Waals surface area (Å²) >= 11 is 0.0202. The number of aryl methyl sites for hydroxylation is 2. The highest BCUT2D eigenvalue weighted by Crippen LogP contribution is 2.31. The van der Waals surface area contributed by atoms with Crippen LogP contribution in [0.3, 0.4) is 0 Å². The van der Waals surface area contributed by atoms with Crippen LogP contribution >= 0.6 is 12.3 Å². The zero-order valence-electron chi connectivity index (χ0n) is 27.9. The van der Waals surface area contributed by atoms with Gasteiger partial charge in [0.15, 0.2) is 5.65 Å². The van der Waals surface area contributed by atoms with Gasteiger partial charge in [-0.3, -0.25) is 19.5 Å². The molecule has 2 aromatic carbocycles. The van der Waals surface area contributed by atoms with E-state index in [1.54, 1.807) is 0 Å². The molecule has 0 spiro atoms. The Hall–Kier alpha value is -4.30. The van der Waals surface area contributed by atoms with E-state index in [0.29, 0.717) is 0 Å². The van der Waals surface area contributed by atoms with E-state index in [9.17, 15) is 8.68 Å². The molecule has 0 aliphatic carbocycles. The Morgan fingerprint density at radius 1 is 0.979 bits per heavy atom. The molecule has 0 unspecified atom stereocenters. The van der Waals surface area contributed by atoms with E-state index in [4.69, 9.17) is 0 Å². The van der Waals surface area contributed by atoms with Gasteiger partial charge >= 0.3 is 0 Å². The molecule has 0 radical (unpaired) electrons. The third-order valence-electron chi connectivity index (χ3n) is 9.12. The lowest BCUT2D eigenvalue weighted by atomic mass is 10.0. The van der Waals surface area contributed by atoms with Crippen LogP contribution in [-0.4, -0.2) is 82.1 Å². The van der Waals surface area contributed by atoms with Crippen molar-refractivity contribution in [2.24, 2.45) is 0 Å². The molecule has 13 heteroatoms. The summed E-state index contributed by atoms with van der Waals surface area (Å²) in [5, 5.41) is 19.5. The Morgan fingerprint density at radius 2 is 1.75 bits per heavy atom. The van der Waals surface area contributed by atoms with Crippen LogP contribution in [0, 0.1) is 20.8 Å². The van der Waals surface area contributed by atoms with Crippen molar-refractivity contribution >= 4 is 40.6 Å². The van der Waals surface area contributed by atoms with E-state index >= 15 is 0 Å². The minimum absolute atomic E-state index is 0.0202. The second kappa shape index (κ2) is 15.3. The van der Waals surface area contributed by atoms with Crippen LogP contribution in [0.15, 0.2) is 54.7 Å². The topological polar surface area (TPSA) is 119 Å². The van der Waals surface area contributed by atoms with Gasteiger partial charge in [-0.25, -0.2) is 9.71 Å². The number of aromatic nitrogens is 5. The van der Waals surface area contributed by atoms with Crippen molar-refractivity contribution in [1.82, 2.24) is 39.9 Å². The second-order valence-corrected chi connectivity index (χ2v) is 12.7. The predicted molar refractivity (Wildman–Crippen MR) is 193 cm³/mol. The highest BCUT2D eigenvalue weighted by atomic mass is 32.2. The molecule has 1 amide bonds. The lowest BCUT2D eigenvalue weighted by Gasteiger charge is -2.36. The van der Waals surface area contributed by atoms with Crippen LogP contribution in [0.1, 0.15) is 28.9 Å². The van der Waals surface area contributed by atoms with Crippen molar-refractivity contribution < 1.29 is 8.68 Å². The fraction of sp³-hybridized carbons (Fsp3) is 0.371.